The fourth-order valence-electron chi connectivity index (χ4n) is 2.70. The molecule has 0 bridgehead atoms. The van der Waals surface area contributed by atoms with E-state index in [4.69, 9.17) is 16.3 Å². The number of aromatic amines is 1. The Bertz CT molecular complexity index is 752. The Kier molecular flexibility index (Phi) is 4.57. The number of ether oxygens (including phenoxy) is 1. The number of H-pyrrole nitrogens is 1. The number of benzene rings is 1. The zero-order chi connectivity index (χ0) is 16.2. The lowest BCUT2D eigenvalue weighted by Gasteiger charge is -2.19. The molecule has 0 aliphatic rings. The van der Waals surface area contributed by atoms with Crippen LogP contribution in [0, 0.1) is 6.92 Å². The van der Waals surface area contributed by atoms with Crippen LogP contribution in [0.3, 0.4) is 0 Å². The first kappa shape index (κ1) is 15.5. The molecule has 3 rings (SSSR count). The van der Waals surface area contributed by atoms with Gasteiger partial charge >= 0.3 is 6.01 Å². The van der Waals surface area contributed by atoms with Crippen molar-refractivity contribution in [2.24, 2.45) is 0 Å². The maximum Gasteiger partial charge on any atom is 0.316 e. The van der Waals surface area contributed by atoms with Crippen LogP contribution in [-0.2, 0) is 6.42 Å². The zero-order valence-corrected chi connectivity index (χ0v) is 13.7. The Morgan fingerprint density at radius 1 is 1.22 bits per heavy atom. The summed E-state index contributed by atoms with van der Waals surface area (Å²) in [6.07, 6.45) is 7.79. The van der Waals surface area contributed by atoms with Crippen molar-refractivity contribution in [2.45, 2.75) is 19.3 Å². The number of aryl methyl sites for hydroxylation is 1. The molecule has 1 atom stereocenters. The quantitative estimate of drug-likeness (QED) is 0.778. The number of hydrogen-bond donors (Lipinski definition) is 1. The lowest BCUT2D eigenvalue weighted by Crippen LogP contribution is -2.09. The van der Waals surface area contributed by atoms with Crippen LogP contribution >= 0.6 is 11.6 Å². The van der Waals surface area contributed by atoms with E-state index in [9.17, 15) is 0 Å². The van der Waals surface area contributed by atoms with Gasteiger partial charge in [0.25, 0.3) is 0 Å². The Labute approximate surface area is 139 Å². The normalized spacial score (nSPS) is 12.1. The maximum atomic E-state index is 6.47. The molecule has 5 nitrogen and oxygen atoms in total. The molecule has 0 radical (unpaired) electrons. The van der Waals surface area contributed by atoms with Gasteiger partial charge in [-0.25, -0.2) is 15.0 Å². The van der Waals surface area contributed by atoms with Crippen molar-refractivity contribution < 1.29 is 4.74 Å². The van der Waals surface area contributed by atoms with Crippen molar-refractivity contribution in [3.05, 3.63) is 70.5 Å². The number of hydrogen-bond acceptors (Lipinski definition) is 4. The molecule has 0 saturated carbocycles. The van der Waals surface area contributed by atoms with Gasteiger partial charge in [0.05, 0.1) is 13.4 Å². The number of rotatable bonds is 5. The molecule has 0 aliphatic heterocycles. The Morgan fingerprint density at radius 2 is 2.00 bits per heavy atom. The fourth-order valence-corrected chi connectivity index (χ4v) is 3.05. The second-order valence-electron chi connectivity index (χ2n) is 5.31. The van der Waals surface area contributed by atoms with Gasteiger partial charge in [-0.2, -0.15) is 0 Å². The van der Waals surface area contributed by atoms with Crippen LogP contribution in [0.15, 0.2) is 43.1 Å². The maximum absolute atomic E-state index is 6.47. The molecular formula is C17H17ClN4O. The first-order valence-electron chi connectivity index (χ1n) is 7.27. The van der Waals surface area contributed by atoms with Gasteiger partial charge in [-0.1, -0.05) is 23.7 Å². The highest BCUT2D eigenvalue weighted by atomic mass is 35.5. The third-order valence-corrected chi connectivity index (χ3v) is 4.15. The van der Waals surface area contributed by atoms with E-state index in [2.05, 4.69) is 32.9 Å². The first-order valence-corrected chi connectivity index (χ1v) is 7.65. The summed E-state index contributed by atoms with van der Waals surface area (Å²) in [5.41, 5.74) is 4.25. The van der Waals surface area contributed by atoms with Crippen molar-refractivity contribution in [1.82, 2.24) is 19.9 Å². The smallest absolute Gasteiger partial charge is 0.316 e. The molecule has 2 aromatic heterocycles. The summed E-state index contributed by atoms with van der Waals surface area (Å²) in [5.74, 6) is 0.0585. The third-order valence-electron chi connectivity index (χ3n) is 3.82. The van der Waals surface area contributed by atoms with E-state index in [1.807, 2.05) is 18.3 Å². The van der Waals surface area contributed by atoms with E-state index in [1.54, 1.807) is 25.8 Å². The van der Waals surface area contributed by atoms with Gasteiger partial charge in [0.2, 0.25) is 0 Å². The van der Waals surface area contributed by atoms with E-state index in [0.717, 1.165) is 33.8 Å². The first-order chi connectivity index (χ1) is 11.2. The molecule has 0 amide bonds. The highest BCUT2D eigenvalue weighted by Gasteiger charge is 2.21. The largest absolute Gasteiger partial charge is 0.467 e. The molecular weight excluding hydrogens is 312 g/mol. The van der Waals surface area contributed by atoms with Crippen LogP contribution in [0.4, 0.5) is 0 Å². The van der Waals surface area contributed by atoms with E-state index < -0.39 is 0 Å². The summed E-state index contributed by atoms with van der Waals surface area (Å²) < 4.78 is 5.01. The predicted molar refractivity (Wildman–Crippen MR) is 88.9 cm³/mol. The van der Waals surface area contributed by atoms with E-state index in [0.29, 0.717) is 6.01 Å². The Hall–Kier alpha value is -2.40. The molecule has 118 valence electrons. The van der Waals surface area contributed by atoms with Crippen molar-refractivity contribution in [2.75, 3.05) is 7.11 Å². The summed E-state index contributed by atoms with van der Waals surface area (Å²) in [5, 5.41) is 0.749. The van der Waals surface area contributed by atoms with Crippen molar-refractivity contribution in [1.29, 1.82) is 0 Å². The lowest BCUT2D eigenvalue weighted by molar-refractivity contribution is 0.379. The van der Waals surface area contributed by atoms with Gasteiger partial charge in [-0.05, 0) is 36.1 Å². The number of nitrogens with zero attached hydrogens (tertiary/aromatic N) is 3. The molecule has 6 heteroatoms. The van der Waals surface area contributed by atoms with Gasteiger partial charge in [-0.15, -0.1) is 0 Å². The minimum atomic E-state index is 0.0585. The number of nitrogens with one attached hydrogen (secondary N) is 1. The van der Waals surface area contributed by atoms with Crippen LogP contribution in [-0.4, -0.2) is 27.0 Å². The summed E-state index contributed by atoms with van der Waals surface area (Å²) in [7, 11) is 1.55. The summed E-state index contributed by atoms with van der Waals surface area (Å²) in [6.45, 7) is 2.06. The van der Waals surface area contributed by atoms with Crippen LogP contribution in [0.5, 0.6) is 6.01 Å². The minimum Gasteiger partial charge on any atom is -0.467 e. The predicted octanol–water partition coefficient (Wildman–Crippen LogP) is 3.54. The second-order valence-corrected chi connectivity index (χ2v) is 5.72. The molecule has 0 saturated heterocycles. The number of aromatic nitrogens is 4. The summed E-state index contributed by atoms with van der Waals surface area (Å²) >= 11 is 6.47. The Balaban J connectivity index is 1.99. The van der Waals surface area contributed by atoms with E-state index in [-0.39, 0.29) is 5.92 Å². The van der Waals surface area contributed by atoms with E-state index in [1.165, 1.54) is 0 Å². The zero-order valence-electron chi connectivity index (χ0n) is 13.0. The highest BCUT2D eigenvalue weighted by Crippen LogP contribution is 2.34. The fraction of sp³-hybridized carbons (Fsp3) is 0.235. The van der Waals surface area contributed by atoms with Gasteiger partial charge in [0, 0.05) is 35.2 Å². The van der Waals surface area contributed by atoms with E-state index >= 15 is 0 Å². The van der Waals surface area contributed by atoms with Crippen molar-refractivity contribution in [3.8, 4) is 6.01 Å². The average Bonchev–Trinajstić information content (AvgIpc) is 3.08. The topological polar surface area (TPSA) is 63.7 Å². The standard InChI is InChI=1S/C17H17ClN4O/c1-11-4-3-5-14(18)16(11)13(15-9-19-10-22-15)6-12-7-20-17(23-2)21-8-12/h3-5,7-10,13H,6H2,1-2H3,(H,19,22)/t13-/m1/s1. The second kappa shape index (κ2) is 6.79. The van der Waals surface area contributed by atoms with Crippen molar-refractivity contribution in [3.63, 3.8) is 0 Å². The summed E-state index contributed by atoms with van der Waals surface area (Å²) in [4.78, 5) is 15.7. The molecule has 3 aromatic rings. The van der Waals surface area contributed by atoms with Crippen LogP contribution in [0.2, 0.25) is 5.02 Å². The third kappa shape index (κ3) is 3.35. The van der Waals surface area contributed by atoms with Crippen LogP contribution < -0.4 is 4.74 Å². The van der Waals surface area contributed by atoms with Crippen LogP contribution in [0.25, 0.3) is 0 Å². The lowest BCUT2D eigenvalue weighted by atomic mass is 9.87. The van der Waals surface area contributed by atoms with Crippen molar-refractivity contribution >= 4 is 11.6 Å². The summed E-state index contributed by atoms with van der Waals surface area (Å²) in [6, 6.07) is 6.30. The molecule has 0 fully saturated rings. The minimum absolute atomic E-state index is 0.0585. The molecule has 1 aromatic carbocycles. The number of halogens is 1. The molecule has 1 N–H and O–H groups in total. The molecule has 0 aliphatic carbocycles. The highest BCUT2D eigenvalue weighted by molar-refractivity contribution is 6.31. The van der Waals surface area contributed by atoms with Crippen LogP contribution in [0.1, 0.15) is 28.3 Å². The molecule has 2 heterocycles. The van der Waals surface area contributed by atoms with Gasteiger partial charge in [0.15, 0.2) is 0 Å². The monoisotopic (exact) mass is 328 g/mol. The molecule has 23 heavy (non-hydrogen) atoms. The van der Waals surface area contributed by atoms with Gasteiger partial charge < -0.3 is 9.72 Å². The number of methoxy groups -OCH3 is 1. The Morgan fingerprint density at radius 3 is 2.61 bits per heavy atom. The molecule has 0 spiro atoms. The number of imidazole rings is 1. The van der Waals surface area contributed by atoms with Gasteiger partial charge in [-0.3, -0.25) is 0 Å². The van der Waals surface area contributed by atoms with Gasteiger partial charge in [0.1, 0.15) is 0 Å². The SMILES string of the molecule is COc1ncc(C[C@H](c2cnc[nH]2)c2c(C)cccc2Cl)cn1. The molecule has 0 unspecified atom stereocenters. The average molecular weight is 329 g/mol.